The van der Waals surface area contributed by atoms with Crippen molar-refractivity contribution in [2.24, 2.45) is 0 Å². The van der Waals surface area contributed by atoms with Crippen LogP contribution in [0.15, 0.2) is 18.2 Å². The van der Waals surface area contributed by atoms with Crippen LogP contribution in [0.25, 0.3) is 0 Å². The molecule has 1 aromatic carbocycles. The largest absolute Gasteiger partial charge is 0.444 e. The van der Waals surface area contributed by atoms with Crippen molar-refractivity contribution in [3.05, 3.63) is 28.8 Å². The highest BCUT2D eigenvalue weighted by Crippen LogP contribution is 2.32. The molecular formula is C15H19ClN2O3. The Labute approximate surface area is 129 Å². The predicted octanol–water partition coefficient (Wildman–Crippen LogP) is 3.29. The summed E-state index contributed by atoms with van der Waals surface area (Å²) in [6.07, 6.45) is -0.131. The van der Waals surface area contributed by atoms with E-state index in [0.29, 0.717) is 23.7 Å². The number of carbonyl (C=O) groups is 2. The summed E-state index contributed by atoms with van der Waals surface area (Å²) in [5, 5.41) is 6.02. The van der Waals surface area contributed by atoms with Gasteiger partial charge in [0.1, 0.15) is 5.60 Å². The van der Waals surface area contributed by atoms with Crippen molar-refractivity contribution in [3.8, 4) is 0 Å². The van der Waals surface area contributed by atoms with Gasteiger partial charge < -0.3 is 10.1 Å². The maximum Gasteiger partial charge on any atom is 0.412 e. The Balaban J connectivity index is 2.19. The average molecular weight is 311 g/mol. The van der Waals surface area contributed by atoms with Crippen LogP contribution in [0.5, 0.6) is 0 Å². The molecule has 0 spiro atoms. The van der Waals surface area contributed by atoms with Crippen LogP contribution in [-0.2, 0) is 9.53 Å². The first kappa shape index (κ1) is 15.6. The summed E-state index contributed by atoms with van der Waals surface area (Å²) >= 11 is 5.99. The molecular weight excluding hydrogens is 292 g/mol. The van der Waals surface area contributed by atoms with E-state index in [2.05, 4.69) is 10.6 Å². The minimum atomic E-state index is -0.576. The highest BCUT2D eigenvalue weighted by atomic mass is 35.5. The highest BCUT2D eigenvalue weighted by molar-refractivity contribution is 6.31. The predicted molar refractivity (Wildman–Crippen MR) is 81.7 cm³/mol. The van der Waals surface area contributed by atoms with Crippen molar-refractivity contribution in [1.29, 1.82) is 0 Å². The fraction of sp³-hybridized carbons (Fsp3) is 0.467. The average Bonchev–Trinajstić information content (AvgIpc) is 2.73. The number of nitrogens with one attached hydrogen (secondary N) is 2. The summed E-state index contributed by atoms with van der Waals surface area (Å²) < 4.78 is 5.24. The van der Waals surface area contributed by atoms with E-state index in [4.69, 9.17) is 16.3 Å². The number of carbonyl (C=O) groups excluding carboxylic acids is 2. The molecule has 0 aliphatic carbocycles. The molecule has 0 radical (unpaired) electrons. The van der Waals surface area contributed by atoms with E-state index < -0.39 is 11.7 Å². The second-order valence-corrected chi connectivity index (χ2v) is 6.50. The first-order valence-electron chi connectivity index (χ1n) is 6.81. The summed E-state index contributed by atoms with van der Waals surface area (Å²) in [5.74, 6) is 0.0397. The number of ether oxygens (including phenoxy) is 1. The number of benzene rings is 1. The van der Waals surface area contributed by atoms with Crippen LogP contribution < -0.4 is 10.6 Å². The Bertz CT molecular complexity index is 567. The van der Waals surface area contributed by atoms with E-state index in [1.54, 1.807) is 32.9 Å². The van der Waals surface area contributed by atoms with E-state index >= 15 is 0 Å². The zero-order valence-corrected chi connectivity index (χ0v) is 13.1. The van der Waals surface area contributed by atoms with Crippen LogP contribution in [0.4, 0.5) is 10.5 Å². The maximum atomic E-state index is 11.9. The van der Waals surface area contributed by atoms with Crippen LogP contribution in [-0.4, -0.2) is 24.1 Å². The molecule has 0 saturated carbocycles. The highest BCUT2D eigenvalue weighted by Gasteiger charge is 2.26. The topological polar surface area (TPSA) is 67.4 Å². The Morgan fingerprint density at radius 2 is 2.14 bits per heavy atom. The lowest BCUT2D eigenvalue weighted by Gasteiger charge is -2.21. The van der Waals surface area contributed by atoms with E-state index in [1.165, 1.54) is 0 Å². The fourth-order valence-corrected chi connectivity index (χ4v) is 2.40. The van der Waals surface area contributed by atoms with Gasteiger partial charge in [0, 0.05) is 29.6 Å². The molecule has 5 nitrogen and oxygen atoms in total. The SMILES string of the molecule is CC(C)(C)OC(=O)Nc1cc(Cl)ccc1C1CNC(=O)C1. The van der Waals surface area contributed by atoms with Crippen LogP contribution in [0.3, 0.4) is 0 Å². The van der Waals surface area contributed by atoms with Crippen LogP contribution in [0.1, 0.15) is 38.7 Å². The number of anilines is 1. The minimum absolute atomic E-state index is 0.0122. The van der Waals surface area contributed by atoms with Crippen molar-refractivity contribution in [3.63, 3.8) is 0 Å². The monoisotopic (exact) mass is 310 g/mol. The molecule has 114 valence electrons. The fourth-order valence-electron chi connectivity index (χ4n) is 2.23. The van der Waals surface area contributed by atoms with Gasteiger partial charge >= 0.3 is 6.09 Å². The zero-order valence-electron chi connectivity index (χ0n) is 12.3. The number of rotatable bonds is 2. The lowest BCUT2D eigenvalue weighted by Crippen LogP contribution is -2.27. The van der Waals surface area contributed by atoms with Gasteiger partial charge in [0.2, 0.25) is 5.91 Å². The number of halogens is 1. The zero-order chi connectivity index (χ0) is 15.6. The molecule has 2 rings (SSSR count). The molecule has 1 aromatic rings. The van der Waals surface area contributed by atoms with Crippen molar-refractivity contribution in [1.82, 2.24) is 5.32 Å². The van der Waals surface area contributed by atoms with Gasteiger partial charge in [-0.15, -0.1) is 0 Å². The van der Waals surface area contributed by atoms with E-state index in [0.717, 1.165) is 5.56 Å². The minimum Gasteiger partial charge on any atom is -0.444 e. The summed E-state index contributed by atoms with van der Waals surface area (Å²) in [7, 11) is 0. The Morgan fingerprint density at radius 3 is 2.71 bits per heavy atom. The molecule has 0 bridgehead atoms. The quantitative estimate of drug-likeness (QED) is 0.880. The third-order valence-corrected chi connectivity index (χ3v) is 3.30. The standard InChI is InChI=1S/C15H19ClN2O3/c1-15(2,3)21-14(20)18-12-7-10(16)4-5-11(12)9-6-13(19)17-8-9/h4-5,7,9H,6,8H2,1-3H3,(H,17,19)(H,18,20). The Hall–Kier alpha value is -1.75. The summed E-state index contributed by atoms with van der Waals surface area (Å²) in [6.45, 7) is 5.95. The number of hydrogen-bond acceptors (Lipinski definition) is 3. The van der Waals surface area contributed by atoms with Gasteiger partial charge in [-0.2, -0.15) is 0 Å². The van der Waals surface area contributed by atoms with Gasteiger partial charge in [0.25, 0.3) is 0 Å². The van der Waals surface area contributed by atoms with Crippen LogP contribution >= 0.6 is 11.6 Å². The molecule has 21 heavy (non-hydrogen) atoms. The third kappa shape index (κ3) is 4.36. The van der Waals surface area contributed by atoms with Gasteiger partial charge in [0.15, 0.2) is 0 Å². The lowest BCUT2D eigenvalue weighted by molar-refractivity contribution is -0.119. The Kier molecular flexibility index (Phi) is 4.42. The molecule has 1 atom stereocenters. The first-order chi connectivity index (χ1) is 9.74. The van der Waals surface area contributed by atoms with E-state index in [9.17, 15) is 9.59 Å². The Morgan fingerprint density at radius 1 is 1.43 bits per heavy atom. The maximum absolute atomic E-state index is 11.9. The molecule has 0 aromatic heterocycles. The summed E-state index contributed by atoms with van der Waals surface area (Å²) in [5.41, 5.74) is 0.884. The van der Waals surface area contributed by atoms with Crippen LogP contribution in [0.2, 0.25) is 5.02 Å². The van der Waals surface area contributed by atoms with Crippen LogP contribution in [0, 0.1) is 0 Å². The molecule has 2 amide bonds. The second kappa shape index (κ2) is 5.93. The second-order valence-electron chi connectivity index (χ2n) is 6.06. The van der Waals surface area contributed by atoms with Gasteiger partial charge in [-0.05, 0) is 38.5 Å². The van der Waals surface area contributed by atoms with Gasteiger partial charge in [-0.3, -0.25) is 10.1 Å². The van der Waals surface area contributed by atoms with Crippen molar-refractivity contribution >= 4 is 29.3 Å². The van der Waals surface area contributed by atoms with Crippen molar-refractivity contribution in [2.75, 3.05) is 11.9 Å². The first-order valence-corrected chi connectivity index (χ1v) is 7.18. The van der Waals surface area contributed by atoms with Crippen molar-refractivity contribution in [2.45, 2.75) is 38.7 Å². The van der Waals surface area contributed by atoms with Gasteiger partial charge in [0.05, 0.1) is 0 Å². The molecule has 1 unspecified atom stereocenters. The molecule has 1 aliphatic rings. The summed E-state index contributed by atoms with van der Waals surface area (Å²) in [6, 6.07) is 5.25. The lowest BCUT2D eigenvalue weighted by atomic mass is 9.96. The third-order valence-electron chi connectivity index (χ3n) is 3.07. The molecule has 1 saturated heterocycles. The molecule has 2 N–H and O–H groups in total. The van der Waals surface area contributed by atoms with E-state index in [-0.39, 0.29) is 11.8 Å². The smallest absolute Gasteiger partial charge is 0.412 e. The van der Waals surface area contributed by atoms with Gasteiger partial charge in [-0.25, -0.2) is 4.79 Å². The molecule has 6 heteroatoms. The number of hydrogen-bond donors (Lipinski definition) is 2. The molecule has 1 aliphatic heterocycles. The van der Waals surface area contributed by atoms with E-state index in [1.807, 2.05) is 6.07 Å². The van der Waals surface area contributed by atoms with Gasteiger partial charge in [-0.1, -0.05) is 17.7 Å². The normalized spacial score (nSPS) is 18.3. The molecule has 1 fully saturated rings. The number of amides is 2. The molecule has 1 heterocycles. The summed E-state index contributed by atoms with van der Waals surface area (Å²) in [4.78, 5) is 23.3. The van der Waals surface area contributed by atoms with Crippen molar-refractivity contribution < 1.29 is 14.3 Å².